The van der Waals surface area contributed by atoms with Crippen molar-refractivity contribution in [1.82, 2.24) is 9.80 Å². The van der Waals surface area contributed by atoms with Crippen molar-refractivity contribution >= 4 is 5.91 Å². The molecule has 5 heteroatoms. The zero-order chi connectivity index (χ0) is 14.1. The summed E-state index contributed by atoms with van der Waals surface area (Å²) in [5.74, 6) is 0.0702. The smallest absolute Gasteiger partial charge is 0.237 e. The lowest BCUT2D eigenvalue weighted by Crippen LogP contribution is -2.42. The predicted octanol–water partition coefficient (Wildman–Crippen LogP) is -0.391. The summed E-state index contributed by atoms with van der Waals surface area (Å²) in [6.45, 7) is 2.42. The Bertz CT molecular complexity index is 496. The van der Waals surface area contributed by atoms with Crippen LogP contribution < -0.4 is 0 Å². The summed E-state index contributed by atoms with van der Waals surface area (Å²) >= 11 is 0. The fourth-order valence-corrected chi connectivity index (χ4v) is 2.98. The van der Waals surface area contributed by atoms with E-state index in [4.69, 9.17) is 0 Å². The first-order chi connectivity index (χ1) is 9.63. The Labute approximate surface area is 118 Å². The maximum Gasteiger partial charge on any atom is 0.237 e. The number of rotatable bonds is 2. The van der Waals surface area contributed by atoms with E-state index < -0.39 is 12.2 Å². The van der Waals surface area contributed by atoms with Crippen molar-refractivity contribution in [1.29, 1.82) is 0 Å². The second-order valence-corrected chi connectivity index (χ2v) is 5.66. The van der Waals surface area contributed by atoms with E-state index in [1.54, 1.807) is 0 Å². The number of carbonyl (C=O) groups is 1. The van der Waals surface area contributed by atoms with Gasteiger partial charge in [-0.05, 0) is 17.5 Å². The third kappa shape index (κ3) is 2.70. The Hall–Kier alpha value is -1.43. The lowest BCUT2D eigenvalue weighted by Gasteiger charge is -2.30. The molecule has 0 aromatic heterocycles. The van der Waals surface area contributed by atoms with Crippen molar-refractivity contribution in [2.45, 2.75) is 25.2 Å². The van der Waals surface area contributed by atoms with Gasteiger partial charge in [0.15, 0.2) is 0 Å². The molecule has 5 nitrogen and oxygen atoms in total. The molecule has 2 aliphatic heterocycles. The summed E-state index contributed by atoms with van der Waals surface area (Å²) in [5, 5.41) is 19.0. The number of carbonyl (C=O) groups excluding carboxylic acids is 1. The molecule has 1 amide bonds. The average Bonchev–Trinajstić information content (AvgIpc) is 2.76. The van der Waals surface area contributed by atoms with E-state index >= 15 is 0 Å². The van der Waals surface area contributed by atoms with Crippen LogP contribution in [0.3, 0.4) is 0 Å². The fourth-order valence-electron chi connectivity index (χ4n) is 2.98. The number of aliphatic hydroxyl groups is 2. The van der Waals surface area contributed by atoms with Crippen LogP contribution >= 0.6 is 0 Å². The molecule has 0 spiro atoms. The minimum Gasteiger partial charge on any atom is -0.389 e. The second kappa shape index (κ2) is 5.52. The Morgan fingerprint density at radius 2 is 1.80 bits per heavy atom. The van der Waals surface area contributed by atoms with Crippen molar-refractivity contribution in [2.24, 2.45) is 0 Å². The first-order valence-electron chi connectivity index (χ1n) is 7.06. The molecule has 0 saturated carbocycles. The van der Waals surface area contributed by atoms with Crippen molar-refractivity contribution in [3.63, 3.8) is 0 Å². The molecule has 2 N–H and O–H groups in total. The number of β-amino-alcohol motifs (C(OH)–C–C–N with tert-alkyl or cyclic N) is 2. The molecular weight excluding hydrogens is 256 g/mol. The molecule has 3 rings (SSSR count). The van der Waals surface area contributed by atoms with Crippen molar-refractivity contribution in [3.05, 3.63) is 35.4 Å². The van der Waals surface area contributed by atoms with Crippen LogP contribution in [0, 0.1) is 0 Å². The standard InChI is InChI=1S/C15H20N2O3/c18-13-8-16(9-14(13)19)10-15(20)17-6-5-11-3-1-2-4-12(11)7-17/h1-4,13-14,18-19H,5-10H2. The summed E-state index contributed by atoms with van der Waals surface area (Å²) in [5.41, 5.74) is 2.54. The third-order valence-electron chi connectivity index (χ3n) is 4.18. The minimum atomic E-state index is -0.732. The van der Waals surface area contributed by atoms with Gasteiger partial charge in [0.1, 0.15) is 0 Å². The third-order valence-corrected chi connectivity index (χ3v) is 4.18. The fraction of sp³-hybridized carbons (Fsp3) is 0.533. The summed E-state index contributed by atoms with van der Waals surface area (Å²) in [6, 6.07) is 8.21. The van der Waals surface area contributed by atoms with E-state index in [0.29, 0.717) is 19.6 Å². The van der Waals surface area contributed by atoms with E-state index in [9.17, 15) is 15.0 Å². The molecule has 2 unspecified atom stereocenters. The van der Waals surface area contributed by atoms with E-state index in [1.807, 2.05) is 21.9 Å². The van der Waals surface area contributed by atoms with Crippen LogP contribution in [-0.2, 0) is 17.8 Å². The van der Waals surface area contributed by atoms with Crippen LogP contribution in [0.15, 0.2) is 24.3 Å². The van der Waals surface area contributed by atoms with Crippen LogP contribution in [0.1, 0.15) is 11.1 Å². The monoisotopic (exact) mass is 276 g/mol. The van der Waals surface area contributed by atoms with Crippen molar-refractivity contribution < 1.29 is 15.0 Å². The zero-order valence-electron chi connectivity index (χ0n) is 11.4. The van der Waals surface area contributed by atoms with Gasteiger partial charge in [0, 0.05) is 26.2 Å². The zero-order valence-corrected chi connectivity index (χ0v) is 11.4. The minimum absolute atomic E-state index is 0.0702. The van der Waals surface area contributed by atoms with Gasteiger partial charge in [0.25, 0.3) is 0 Å². The van der Waals surface area contributed by atoms with Gasteiger partial charge < -0.3 is 15.1 Å². The van der Waals surface area contributed by atoms with Gasteiger partial charge in [-0.25, -0.2) is 0 Å². The van der Waals surface area contributed by atoms with Crippen molar-refractivity contribution in [2.75, 3.05) is 26.2 Å². The number of hydrogen-bond acceptors (Lipinski definition) is 4. The molecule has 2 heterocycles. The van der Waals surface area contributed by atoms with E-state index in [1.165, 1.54) is 11.1 Å². The molecule has 20 heavy (non-hydrogen) atoms. The van der Waals surface area contributed by atoms with Gasteiger partial charge in [0.2, 0.25) is 5.91 Å². The van der Waals surface area contributed by atoms with Gasteiger partial charge in [-0.1, -0.05) is 24.3 Å². The molecule has 0 aliphatic carbocycles. The second-order valence-electron chi connectivity index (χ2n) is 5.66. The maximum absolute atomic E-state index is 12.3. The normalized spacial score (nSPS) is 26.6. The van der Waals surface area contributed by atoms with Gasteiger partial charge in [-0.2, -0.15) is 0 Å². The van der Waals surface area contributed by atoms with Crippen LogP contribution in [-0.4, -0.2) is 64.3 Å². The molecule has 108 valence electrons. The van der Waals surface area contributed by atoms with Crippen LogP contribution in [0.5, 0.6) is 0 Å². The van der Waals surface area contributed by atoms with E-state index in [0.717, 1.165) is 13.0 Å². The molecule has 1 aromatic rings. The largest absolute Gasteiger partial charge is 0.389 e. The number of amides is 1. The quantitative estimate of drug-likeness (QED) is 0.772. The Kier molecular flexibility index (Phi) is 3.74. The predicted molar refractivity (Wildman–Crippen MR) is 74.0 cm³/mol. The molecule has 2 aliphatic rings. The SMILES string of the molecule is O=C(CN1CC(O)C(O)C1)N1CCc2ccccc2C1. The molecule has 0 bridgehead atoms. The Morgan fingerprint density at radius 3 is 2.50 bits per heavy atom. The molecule has 1 aromatic carbocycles. The molecule has 2 atom stereocenters. The highest BCUT2D eigenvalue weighted by molar-refractivity contribution is 5.78. The van der Waals surface area contributed by atoms with Gasteiger partial charge >= 0.3 is 0 Å². The number of aliphatic hydroxyl groups excluding tert-OH is 2. The van der Waals surface area contributed by atoms with Gasteiger partial charge in [-0.15, -0.1) is 0 Å². The van der Waals surface area contributed by atoms with Gasteiger partial charge in [-0.3, -0.25) is 9.69 Å². The maximum atomic E-state index is 12.3. The number of fused-ring (bicyclic) bond motifs is 1. The molecule has 0 radical (unpaired) electrons. The number of likely N-dealkylation sites (tertiary alicyclic amines) is 1. The Balaban J connectivity index is 1.59. The van der Waals surface area contributed by atoms with E-state index in [-0.39, 0.29) is 12.5 Å². The number of benzene rings is 1. The average molecular weight is 276 g/mol. The Morgan fingerprint density at radius 1 is 1.15 bits per heavy atom. The van der Waals surface area contributed by atoms with Gasteiger partial charge in [0.05, 0.1) is 18.8 Å². The van der Waals surface area contributed by atoms with Crippen LogP contribution in [0.25, 0.3) is 0 Å². The van der Waals surface area contributed by atoms with Crippen LogP contribution in [0.2, 0.25) is 0 Å². The highest BCUT2D eigenvalue weighted by Gasteiger charge is 2.31. The lowest BCUT2D eigenvalue weighted by molar-refractivity contribution is -0.133. The first kappa shape index (κ1) is 13.5. The van der Waals surface area contributed by atoms with E-state index in [2.05, 4.69) is 12.1 Å². The van der Waals surface area contributed by atoms with Crippen molar-refractivity contribution in [3.8, 4) is 0 Å². The summed E-state index contributed by atoms with van der Waals surface area (Å²) in [7, 11) is 0. The number of hydrogen-bond donors (Lipinski definition) is 2. The summed E-state index contributed by atoms with van der Waals surface area (Å²) < 4.78 is 0. The molecule has 1 saturated heterocycles. The highest BCUT2D eigenvalue weighted by atomic mass is 16.3. The summed E-state index contributed by atoms with van der Waals surface area (Å²) in [4.78, 5) is 16.0. The molecular formula is C15H20N2O3. The summed E-state index contributed by atoms with van der Waals surface area (Å²) in [6.07, 6.45) is -0.567. The highest BCUT2D eigenvalue weighted by Crippen LogP contribution is 2.19. The number of nitrogens with zero attached hydrogens (tertiary/aromatic N) is 2. The molecule has 1 fully saturated rings. The topological polar surface area (TPSA) is 64.0 Å². The lowest BCUT2D eigenvalue weighted by atomic mass is 10.00. The van der Waals surface area contributed by atoms with Crippen LogP contribution in [0.4, 0.5) is 0 Å². The first-order valence-corrected chi connectivity index (χ1v) is 7.06.